The Labute approximate surface area is 199 Å². The summed E-state index contributed by atoms with van der Waals surface area (Å²) in [7, 11) is 0. The lowest BCUT2D eigenvalue weighted by Gasteiger charge is -2.24. The number of hydrogen-bond acceptors (Lipinski definition) is 4. The fraction of sp³-hybridized carbons (Fsp3) is 0.296. The Balaban J connectivity index is 1.50. The van der Waals surface area contributed by atoms with E-state index in [2.05, 4.69) is 17.4 Å². The van der Waals surface area contributed by atoms with E-state index in [1.54, 1.807) is 16.2 Å². The van der Waals surface area contributed by atoms with Gasteiger partial charge in [0.05, 0.1) is 23.5 Å². The number of aryl methyl sites for hydroxylation is 3. The second kappa shape index (κ2) is 10.1. The van der Waals surface area contributed by atoms with Gasteiger partial charge < -0.3 is 10.2 Å². The van der Waals surface area contributed by atoms with Crippen LogP contribution >= 0.6 is 11.3 Å². The molecule has 2 amide bonds. The molecule has 5 nitrogen and oxygen atoms in total. The minimum atomic E-state index is -0.160. The predicted molar refractivity (Wildman–Crippen MR) is 136 cm³/mol. The van der Waals surface area contributed by atoms with Gasteiger partial charge in [0.2, 0.25) is 11.8 Å². The Morgan fingerprint density at radius 3 is 2.61 bits per heavy atom. The number of carbonyl (C=O) groups excluding carboxylic acids is 2. The zero-order valence-corrected chi connectivity index (χ0v) is 20.1. The molecule has 2 heterocycles. The van der Waals surface area contributed by atoms with Gasteiger partial charge in [0.25, 0.3) is 0 Å². The lowest BCUT2D eigenvalue weighted by molar-refractivity contribution is -0.123. The van der Waals surface area contributed by atoms with Gasteiger partial charge in [0.15, 0.2) is 0 Å². The maximum Gasteiger partial charge on any atom is 0.240 e. The molecule has 0 saturated heterocycles. The van der Waals surface area contributed by atoms with Crippen molar-refractivity contribution in [1.29, 1.82) is 0 Å². The lowest BCUT2D eigenvalue weighted by Crippen LogP contribution is -2.44. The van der Waals surface area contributed by atoms with Crippen LogP contribution in [-0.2, 0) is 16.0 Å². The van der Waals surface area contributed by atoms with E-state index in [1.165, 1.54) is 5.56 Å². The summed E-state index contributed by atoms with van der Waals surface area (Å²) in [6.45, 7) is 6.04. The van der Waals surface area contributed by atoms with E-state index >= 15 is 0 Å². The van der Waals surface area contributed by atoms with Crippen LogP contribution in [0.2, 0.25) is 0 Å². The minimum Gasteiger partial charge on any atom is -0.352 e. The monoisotopic (exact) mass is 459 g/mol. The molecule has 0 radical (unpaired) electrons. The van der Waals surface area contributed by atoms with Gasteiger partial charge in [0.1, 0.15) is 6.54 Å². The second-order valence-electron chi connectivity index (χ2n) is 8.61. The van der Waals surface area contributed by atoms with Crippen LogP contribution in [0.3, 0.4) is 0 Å². The van der Waals surface area contributed by atoms with Crippen LogP contribution in [0.1, 0.15) is 41.3 Å². The summed E-state index contributed by atoms with van der Waals surface area (Å²) in [6.07, 6.45) is 1.90. The van der Waals surface area contributed by atoms with Gasteiger partial charge in [-0.2, -0.15) is 0 Å². The summed E-state index contributed by atoms with van der Waals surface area (Å²) in [5.41, 5.74) is 5.60. The van der Waals surface area contributed by atoms with Crippen molar-refractivity contribution in [2.75, 3.05) is 11.4 Å². The van der Waals surface area contributed by atoms with Crippen molar-refractivity contribution in [2.24, 2.45) is 4.99 Å². The standard InChI is InChI=1S/C27H29N3O2S/c1-18-14-22-24(15-19(18)2)30(27(32)16-23(29-22)25-10-7-13-33-25)17-26(31)28-20(3)11-12-21-8-5-4-6-9-21/h4-10,13-15,20H,11-12,16-17H2,1-3H3,(H,28,31)/t20-/m1/s1. The highest BCUT2D eigenvalue weighted by Crippen LogP contribution is 2.36. The molecule has 3 aromatic rings. The molecule has 1 atom stereocenters. The molecule has 0 aliphatic carbocycles. The van der Waals surface area contributed by atoms with Crippen molar-refractivity contribution in [3.8, 4) is 0 Å². The molecule has 0 unspecified atom stereocenters. The van der Waals surface area contributed by atoms with Crippen LogP contribution in [-0.4, -0.2) is 30.1 Å². The predicted octanol–water partition coefficient (Wildman–Crippen LogP) is 5.36. The fourth-order valence-electron chi connectivity index (χ4n) is 3.97. The number of thiophene rings is 1. The number of aliphatic imine (C=N–C) groups is 1. The second-order valence-corrected chi connectivity index (χ2v) is 9.56. The molecule has 170 valence electrons. The molecule has 1 aliphatic rings. The molecule has 0 spiro atoms. The van der Waals surface area contributed by atoms with Gasteiger partial charge >= 0.3 is 0 Å². The number of nitrogens with zero attached hydrogens (tertiary/aromatic N) is 2. The average molecular weight is 460 g/mol. The smallest absolute Gasteiger partial charge is 0.240 e. The first-order chi connectivity index (χ1) is 15.9. The summed E-state index contributed by atoms with van der Waals surface area (Å²) in [5, 5.41) is 5.05. The zero-order chi connectivity index (χ0) is 23.4. The number of anilines is 1. The maximum atomic E-state index is 13.3. The molecule has 1 N–H and O–H groups in total. The van der Waals surface area contributed by atoms with Crippen molar-refractivity contribution in [1.82, 2.24) is 5.32 Å². The van der Waals surface area contributed by atoms with Crippen LogP contribution in [0.15, 0.2) is 65.0 Å². The van der Waals surface area contributed by atoms with Crippen molar-refractivity contribution >= 4 is 40.2 Å². The van der Waals surface area contributed by atoms with Crippen LogP contribution in [0.25, 0.3) is 0 Å². The molecule has 0 bridgehead atoms. The maximum absolute atomic E-state index is 13.3. The third-order valence-corrected chi connectivity index (χ3v) is 6.90. The van der Waals surface area contributed by atoms with E-state index in [1.807, 2.05) is 68.6 Å². The summed E-state index contributed by atoms with van der Waals surface area (Å²) < 4.78 is 0. The largest absolute Gasteiger partial charge is 0.352 e. The van der Waals surface area contributed by atoms with E-state index in [-0.39, 0.29) is 30.8 Å². The average Bonchev–Trinajstić information content (AvgIpc) is 3.30. The normalized spacial score (nSPS) is 14.3. The Bertz CT molecular complexity index is 1170. The Morgan fingerprint density at radius 1 is 1.12 bits per heavy atom. The Hall–Kier alpha value is -3.25. The van der Waals surface area contributed by atoms with Gasteiger partial charge in [-0.15, -0.1) is 11.3 Å². The van der Waals surface area contributed by atoms with Crippen molar-refractivity contribution in [3.63, 3.8) is 0 Å². The number of carbonyl (C=O) groups is 2. The molecule has 0 fully saturated rings. The van der Waals surface area contributed by atoms with Crippen molar-refractivity contribution in [3.05, 3.63) is 81.5 Å². The van der Waals surface area contributed by atoms with E-state index in [4.69, 9.17) is 4.99 Å². The fourth-order valence-corrected chi connectivity index (χ4v) is 4.69. The number of amides is 2. The van der Waals surface area contributed by atoms with Crippen LogP contribution in [0.4, 0.5) is 11.4 Å². The molecule has 33 heavy (non-hydrogen) atoms. The first kappa shape index (κ1) is 22.9. The molecule has 1 aliphatic heterocycles. The SMILES string of the molecule is Cc1cc2c(cc1C)N(CC(=O)N[C@H](C)CCc1ccccc1)C(=O)CC(c1cccs1)=N2. The van der Waals surface area contributed by atoms with E-state index < -0.39 is 0 Å². The zero-order valence-electron chi connectivity index (χ0n) is 19.3. The van der Waals surface area contributed by atoms with Gasteiger partial charge in [-0.25, -0.2) is 4.99 Å². The van der Waals surface area contributed by atoms with E-state index in [0.717, 1.165) is 40.2 Å². The van der Waals surface area contributed by atoms with Crippen molar-refractivity contribution < 1.29 is 9.59 Å². The summed E-state index contributed by atoms with van der Waals surface area (Å²) in [5.74, 6) is -0.274. The van der Waals surface area contributed by atoms with Crippen LogP contribution < -0.4 is 10.2 Å². The number of benzene rings is 2. The number of rotatable bonds is 7. The highest BCUT2D eigenvalue weighted by molar-refractivity contribution is 7.12. The number of nitrogens with one attached hydrogen (secondary N) is 1. The third kappa shape index (κ3) is 5.57. The van der Waals surface area contributed by atoms with Gasteiger partial charge in [-0.1, -0.05) is 36.4 Å². The molecular formula is C27H29N3O2S. The van der Waals surface area contributed by atoms with Gasteiger partial charge in [0, 0.05) is 10.9 Å². The third-order valence-electron chi connectivity index (χ3n) is 5.98. The number of hydrogen-bond donors (Lipinski definition) is 1. The highest BCUT2D eigenvalue weighted by atomic mass is 32.1. The van der Waals surface area contributed by atoms with Gasteiger partial charge in [-0.05, 0) is 73.9 Å². The molecule has 2 aromatic carbocycles. The Kier molecular flexibility index (Phi) is 7.04. The van der Waals surface area contributed by atoms with Crippen LogP contribution in [0.5, 0.6) is 0 Å². The van der Waals surface area contributed by atoms with E-state index in [0.29, 0.717) is 5.69 Å². The van der Waals surface area contributed by atoms with E-state index in [9.17, 15) is 9.59 Å². The molecule has 6 heteroatoms. The first-order valence-electron chi connectivity index (χ1n) is 11.3. The molecular weight excluding hydrogens is 430 g/mol. The first-order valence-corrected chi connectivity index (χ1v) is 12.1. The number of fused-ring (bicyclic) bond motifs is 1. The lowest BCUT2D eigenvalue weighted by atomic mass is 10.1. The van der Waals surface area contributed by atoms with Crippen LogP contribution in [0, 0.1) is 13.8 Å². The topological polar surface area (TPSA) is 61.8 Å². The van der Waals surface area contributed by atoms with Gasteiger partial charge in [-0.3, -0.25) is 9.59 Å². The summed E-state index contributed by atoms with van der Waals surface area (Å²) in [4.78, 5) is 33.6. The molecule has 0 saturated carbocycles. The van der Waals surface area contributed by atoms with Crippen molar-refractivity contribution in [2.45, 2.75) is 46.1 Å². The quantitative estimate of drug-likeness (QED) is 0.517. The Morgan fingerprint density at radius 2 is 1.88 bits per heavy atom. The highest BCUT2D eigenvalue weighted by Gasteiger charge is 2.28. The summed E-state index contributed by atoms with van der Waals surface area (Å²) in [6, 6.07) is 18.2. The molecule has 1 aromatic heterocycles. The summed E-state index contributed by atoms with van der Waals surface area (Å²) >= 11 is 1.57. The molecule has 4 rings (SSSR count). The minimum absolute atomic E-state index is 0.0111.